The average molecular weight is 210 g/mol. The van der Waals surface area contributed by atoms with E-state index in [1.807, 2.05) is 13.8 Å². The molecule has 0 bridgehead atoms. The molecule has 74 valence electrons. The Kier molecular flexibility index (Phi) is 4.62. The van der Waals surface area contributed by atoms with Gasteiger partial charge in [0, 0.05) is 0 Å². The highest BCUT2D eigenvalue weighted by Crippen LogP contribution is 2.31. The van der Waals surface area contributed by atoms with Gasteiger partial charge >= 0.3 is 0 Å². The van der Waals surface area contributed by atoms with E-state index in [0.717, 1.165) is 12.8 Å². The van der Waals surface area contributed by atoms with Gasteiger partial charge in [0.25, 0.3) is 15.9 Å². The Balaban J connectivity index is 4.28. The van der Waals surface area contributed by atoms with Crippen LogP contribution in [0.2, 0.25) is 25.2 Å². The summed E-state index contributed by atoms with van der Waals surface area (Å²) in [6, 6.07) is 1.01. The minimum Gasteiger partial charge on any atom is -0.315 e. The van der Waals surface area contributed by atoms with Gasteiger partial charge < -0.3 is 8.22 Å². The smallest absolute Gasteiger partial charge is 0.267 e. The van der Waals surface area contributed by atoms with Gasteiger partial charge in [-0.25, -0.2) is 0 Å². The van der Waals surface area contributed by atoms with Crippen LogP contribution in [0.25, 0.3) is 0 Å². The van der Waals surface area contributed by atoms with Gasteiger partial charge in [0.1, 0.15) is 0 Å². The molecule has 0 N–H and O–H groups in total. The van der Waals surface area contributed by atoms with E-state index < -0.39 is 15.9 Å². The summed E-state index contributed by atoms with van der Waals surface area (Å²) in [6.07, 6.45) is 1.57. The molecule has 0 aromatic carbocycles. The highest BCUT2D eigenvalue weighted by atomic mass is 29.3. The van der Waals surface area contributed by atoms with Crippen LogP contribution in [0.15, 0.2) is 0 Å². The Morgan fingerprint density at radius 1 is 0.833 bits per heavy atom. The van der Waals surface area contributed by atoms with Crippen LogP contribution in [0.3, 0.4) is 0 Å². The molecule has 0 nitrogen and oxygen atoms in total. The van der Waals surface area contributed by atoms with Crippen molar-refractivity contribution in [3.63, 3.8) is 0 Å². The Morgan fingerprint density at radius 2 is 1.08 bits per heavy atom. The van der Waals surface area contributed by atoms with E-state index in [0.29, 0.717) is 12.1 Å². The molecule has 0 spiro atoms. The zero-order valence-electron chi connectivity index (χ0n) is 8.58. The fraction of sp³-hybridized carbons (Fsp3) is 1.00. The average Bonchev–Trinajstić information content (AvgIpc) is 1.86. The van der Waals surface area contributed by atoms with Gasteiger partial charge in [-0.1, -0.05) is 26.7 Å². The fourth-order valence-corrected chi connectivity index (χ4v) is 9.01. The summed E-state index contributed by atoms with van der Waals surface area (Å²) in [5.41, 5.74) is 0. The molecule has 0 saturated heterocycles. The first kappa shape index (κ1) is 12.3. The minimum atomic E-state index is -2.98. The first-order chi connectivity index (χ1) is 5.37. The lowest BCUT2D eigenvalue weighted by atomic mass is 10.6. The Labute approximate surface area is 76.5 Å². The first-order valence-electron chi connectivity index (χ1n) is 4.75. The molecule has 0 aliphatic heterocycles. The third kappa shape index (κ3) is 2.97. The molecular formula is C8H20F2Si2. The first-order valence-corrected chi connectivity index (χ1v) is 10.9. The second-order valence-electron chi connectivity index (χ2n) is 3.89. The van der Waals surface area contributed by atoms with E-state index in [2.05, 4.69) is 0 Å². The van der Waals surface area contributed by atoms with Crippen molar-refractivity contribution in [2.45, 2.75) is 51.9 Å². The summed E-state index contributed by atoms with van der Waals surface area (Å²) in [4.78, 5) is 0. The number of hydrogen-bond donors (Lipinski definition) is 0. The molecule has 0 amide bonds. The van der Waals surface area contributed by atoms with Crippen molar-refractivity contribution in [3.05, 3.63) is 0 Å². The van der Waals surface area contributed by atoms with Crippen LogP contribution in [0.4, 0.5) is 8.22 Å². The zero-order valence-corrected chi connectivity index (χ0v) is 10.6. The Morgan fingerprint density at radius 3 is 1.25 bits per heavy atom. The maximum Gasteiger partial charge on any atom is 0.267 e. The van der Waals surface area contributed by atoms with E-state index in [1.54, 1.807) is 13.1 Å². The summed E-state index contributed by atoms with van der Waals surface area (Å²) < 4.78 is 27.8. The normalized spacial score (nSPS) is 21.5. The predicted octanol–water partition coefficient (Wildman–Crippen LogP) is 3.97. The third-order valence-electron chi connectivity index (χ3n) is 2.53. The van der Waals surface area contributed by atoms with E-state index in [1.165, 1.54) is 0 Å². The Hall–Kier alpha value is 0.294. The van der Waals surface area contributed by atoms with E-state index in [4.69, 9.17) is 0 Å². The summed E-state index contributed by atoms with van der Waals surface area (Å²) in [5, 5.41) is 0. The van der Waals surface area contributed by atoms with Crippen molar-refractivity contribution in [1.82, 2.24) is 0 Å². The van der Waals surface area contributed by atoms with Crippen molar-refractivity contribution in [3.8, 4) is 0 Å². The number of halogens is 2. The maximum absolute atomic E-state index is 13.9. The summed E-state index contributed by atoms with van der Waals surface area (Å²) >= 11 is 0. The maximum atomic E-state index is 13.9. The van der Waals surface area contributed by atoms with Crippen molar-refractivity contribution in [2.75, 3.05) is 0 Å². The Bertz CT molecular complexity index is 119. The highest BCUT2D eigenvalue weighted by molar-refractivity contribution is 7.36. The minimum absolute atomic E-state index is 0.506. The van der Waals surface area contributed by atoms with Crippen LogP contribution >= 0.6 is 0 Å². The predicted molar refractivity (Wildman–Crippen MR) is 55.6 cm³/mol. The van der Waals surface area contributed by atoms with E-state index in [9.17, 15) is 8.22 Å². The van der Waals surface area contributed by atoms with Crippen LogP contribution in [0.5, 0.6) is 0 Å². The summed E-state index contributed by atoms with van der Waals surface area (Å²) in [5.74, 6) is 0. The van der Waals surface area contributed by atoms with Crippen LogP contribution in [-0.4, -0.2) is 15.9 Å². The molecule has 0 heterocycles. The van der Waals surface area contributed by atoms with Crippen LogP contribution in [-0.2, 0) is 0 Å². The highest BCUT2D eigenvalue weighted by Gasteiger charge is 2.50. The molecule has 2 unspecified atom stereocenters. The van der Waals surface area contributed by atoms with Gasteiger partial charge in [-0.05, 0) is 25.2 Å². The van der Waals surface area contributed by atoms with Gasteiger partial charge in [0.15, 0.2) is 0 Å². The molecule has 0 saturated carbocycles. The van der Waals surface area contributed by atoms with Crippen molar-refractivity contribution in [1.29, 1.82) is 0 Å². The topological polar surface area (TPSA) is 0 Å². The quantitative estimate of drug-likeness (QED) is 0.476. The van der Waals surface area contributed by atoms with Gasteiger partial charge in [-0.15, -0.1) is 0 Å². The monoisotopic (exact) mass is 210 g/mol. The van der Waals surface area contributed by atoms with Gasteiger partial charge in [0.2, 0.25) is 0 Å². The third-order valence-corrected chi connectivity index (χ3v) is 15.6. The molecule has 0 radical (unpaired) electrons. The molecule has 0 aliphatic carbocycles. The molecule has 0 aliphatic rings. The fourth-order valence-electron chi connectivity index (χ4n) is 1.46. The number of rotatable bonds is 5. The lowest BCUT2D eigenvalue weighted by Crippen LogP contribution is -2.52. The molecular weight excluding hydrogens is 190 g/mol. The van der Waals surface area contributed by atoms with Crippen LogP contribution in [0, 0.1) is 0 Å². The largest absolute Gasteiger partial charge is 0.315 e. The van der Waals surface area contributed by atoms with E-state index in [-0.39, 0.29) is 0 Å². The molecule has 12 heavy (non-hydrogen) atoms. The lowest BCUT2D eigenvalue weighted by molar-refractivity contribution is 0.729. The second-order valence-corrected chi connectivity index (χ2v) is 15.9. The van der Waals surface area contributed by atoms with Gasteiger partial charge in [-0.2, -0.15) is 0 Å². The van der Waals surface area contributed by atoms with Crippen molar-refractivity contribution >= 4 is 15.9 Å². The van der Waals surface area contributed by atoms with Gasteiger partial charge in [-0.3, -0.25) is 0 Å². The molecule has 2 atom stereocenters. The van der Waals surface area contributed by atoms with E-state index >= 15 is 0 Å². The lowest BCUT2D eigenvalue weighted by Gasteiger charge is -2.28. The molecule has 0 fully saturated rings. The zero-order chi connectivity index (χ0) is 9.83. The second kappa shape index (κ2) is 4.51. The molecule has 0 aromatic rings. The van der Waals surface area contributed by atoms with Crippen LogP contribution in [0.1, 0.15) is 26.7 Å². The standard InChI is InChI=1S/C8H20F2Si2/c1-5-7-11(3,9)12(4,10)8-6-2/h5-8H2,1-4H3. The molecule has 4 heteroatoms. The molecule has 0 rings (SSSR count). The van der Waals surface area contributed by atoms with Crippen molar-refractivity contribution in [2.24, 2.45) is 0 Å². The van der Waals surface area contributed by atoms with Gasteiger partial charge in [0.05, 0.1) is 0 Å². The molecule has 0 aromatic heterocycles. The summed E-state index contributed by atoms with van der Waals surface area (Å²) in [7, 11) is -5.96. The van der Waals surface area contributed by atoms with Crippen molar-refractivity contribution < 1.29 is 8.22 Å². The summed E-state index contributed by atoms with van der Waals surface area (Å²) in [6.45, 7) is 7.00. The van der Waals surface area contributed by atoms with Crippen LogP contribution < -0.4 is 0 Å². The number of hydrogen-bond acceptors (Lipinski definition) is 0. The SMILES string of the molecule is CCC[Si](C)(F)[Si](C)(F)CCC.